The standard InChI is InChI=1S/C21H27NO6/c1-4-5-6-7-8-16-13(2)15-9-10-17(14(3)20(15)28-21(16)26)27-12-18(23)22-11-19(24)25/h9-10H,4-8,11-12H2,1-3H3,(H,22,23)(H,24,25). The van der Waals surface area contributed by atoms with Gasteiger partial charge in [-0.3, -0.25) is 9.59 Å². The van der Waals surface area contributed by atoms with Crippen molar-refractivity contribution in [3.8, 4) is 5.75 Å². The smallest absolute Gasteiger partial charge is 0.339 e. The molecule has 0 saturated carbocycles. The molecule has 0 aliphatic carbocycles. The lowest BCUT2D eigenvalue weighted by Crippen LogP contribution is -2.33. The predicted molar refractivity (Wildman–Crippen MR) is 106 cm³/mol. The van der Waals surface area contributed by atoms with Crippen LogP contribution < -0.4 is 15.7 Å². The SMILES string of the molecule is CCCCCCc1c(C)c2ccc(OCC(=O)NCC(=O)O)c(C)c2oc1=O. The van der Waals surface area contributed by atoms with E-state index in [0.717, 1.165) is 36.6 Å². The molecule has 0 unspecified atom stereocenters. The first-order chi connectivity index (χ1) is 13.3. The highest BCUT2D eigenvalue weighted by atomic mass is 16.5. The highest BCUT2D eigenvalue weighted by Crippen LogP contribution is 2.29. The van der Waals surface area contributed by atoms with E-state index in [4.69, 9.17) is 14.3 Å². The van der Waals surface area contributed by atoms with Gasteiger partial charge in [0.05, 0.1) is 0 Å². The summed E-state index contributed by atoms with van der Waals surface area (Å²) in [6.07, 6.45) is 5.03. The zero-order chi connectivity index (χ0) is 20.7. The van der Waals surface area contributed by atoms with Gasteiger partial charge in [-0.15, -0.1) is 0 Å². The molecule has 1 amide bonds. The summed E-state index contributed by atoms with van der Waals surface area (Å²) in [4.78, 5) is 34.6. The van der Waals surface area contributed by atoms with Gasteiger partial charge in [0.15, 0.2) is 6.61 Å². The fourth-order valence-electron chi connectivity index (χ4n) is 3.11. The van der Waals surface area contributed by atoms with Gasteiger partial charge in [0.25, 0.3) is 5.91 Å². The van der Waals surface area contributed by atoms with Gasteiger partial charge in [-0.2, -0.15) is 0 Å². The monoisotopic (exact) mass is 389 g/mol. The van der Waals surface area contributed by atoms with Gasteiger partial charge >= 0.3 is 11.6 Å². The molecule has 0 bridgehead atoms. The Labute approximate surface area is 163 Å². The molecule has 0 fully saturated rings. The molecular weight excluding hydrogens is 362 g/mol. The van der Waals surface area contributed by atoms with Crippen molar-refractivity contribution in [1.29, 1.82) is 0 Å². The maximum absolute atomic E-state index is 12.5. The summed E-state index contributed by atoms with van der Waals surface area (Å²) >= 11 is 0. The van der Waals surface area contributed by atoms with E-state index in [2.05, 4.69) is 12.2 Å². The Hall–Kier alpha value is -2.83. The molecule has 2 rings (SSSR count). The molecule has 7 nitrogen and oxygen atoms in total. The second-order valence-corrected chi connectivity index (χ2v) is 6.83. The van der Waals surface area contributed by atoms with Crippen LogP contribution in [0.3, 0.4) is 0 Å². The Bertz CT molecular complexity index is 915. The number of carboxylic acid groups (broad SMARTS) is 1. The van der Waals surface area contributed by atoms with Gasteiger partial charge < -0.3 is 19.6 Å². The minimum absolute atomic E-state index is 0.321. The number of hydrogen-bond acceptors (Lipinski definition) is 5. The normalized spacial score (nSPS) is 10.8. The second kappa shape index (κ2) is 9.92. The molecule has 1 aromatic carbocycles. The molecule has 0 atom stereocenters. The van der Waals surface area contributed by atoms with Crippen molar-refractivity contribution in [1.82, 2.24) is 5.32 Å². The number of hydrogen-bond donors (Lipinski definition) is 2. The maximum Gasteiger partial charge on any atom is 0.339 e. The molecule has 0 spiro atoms. The Balaban J connectivity index is 2.20. The molecule has 2 aromatic rings. The van der Waals surface area contributed by atoms with E-state index in [1.807, 2.05) is 13.0 Å². The zero-order valence-corrected chi connectivity index (χ0v) is 16.6. The van der Waals surface area contributed by atoms with E-state index in [0.29, 0.717) is 28.9 Å². The number of aryl methyl sites for hydroxylation is 2. The van der Waals surface area contributed by atoms with Crippen molar-refractivity contribution in [3.05, 3.63) is 39.2 Å². The lowest BCUT2D eigenvalue weighted by molar-refractivity contribution is -0.138. The van der Waals surface area contributed by atoms with Gasteiger partial charge in [0.2, 0.25) is 0 Å². The van der Waals surface area contributed by atoms with Crippen LogP contribution in [0.15, 0.2) is 21.3 Å². The van der Waals surface area contributed by atoms with Gasteiger partial charge in [-0.05, 0) is 44.4 Å². The molecule has 0 radical (unpaired) electrons. The number of carbonyl (C=O) groups excluding carboxylic acids is 1. The molecular formula is C21H27NO6. The van der Waals surface area contributed by atoms with Gasteiger partial charge in [0.1, 0.15) is 17.9 Å². The summed E-state index contributed by atoms with van der Waals surface area (Å²) in [5.74, 6) is -1.25. The minimum Gasteiger partial charge on any atom is -0.483 e. The summed E-state index contributed by atoms with van der Waals surface area (Å²) < 4.78 is 11.0. The number of amides is 1. The quantitative estimate of drug-likeness (QED) is 0.478. The lowest BCUT2D eigenvalue weighted by atomic mass is 9.99. The van der Waals surface area contributed by atoms with E-state index in [9.17, 15) is 14.4 Å². The van der Waals surface area contributed by atoms with Crippen molar-refractivity contribution in [3.63, 3.8) is 0 Å². The summed E-state index contributed by atoms with van der Waals surface area (Å²) in [7, 11) is 0. The number of unbranched alkanes of at least 4 members (excludes halogenated alkanes) is 3. The number of ether oxygens (including phenoxy) is 1. The van der Waals surface area contributed by atoms with Crippen LogP contribution in [0.5, 0.6) is 5.75 Å². The van der Waals surface area contributed by atoms with Crippen molar-refractivity contribution >= 4 is 22.8 Å². The average molecular weight is 389 g/mol. The van der Waals surface area contributed by atoms with Crippen LogP contribution in [0.4, 0.5) is 0 Å². The molecule has 7 heteroatoms. The first-order valence-electron chi connectivity index (χ1n) is 9.52. The fourth-order valence-corrected chi connectivity index (χ4v) is 3.11. The molecule has 0 aliphatic heterocycles. The number of nitrogens with one attached hydrogen (secondary N) is 1. The largest absolute Gasteiger partial charge is 0.483 e. The third-order valence-corrected chi connectivity index (χ3v) is 4.73. The number of benzene rings is 1. The Morgan fingerprint density at radius 1 is 1.14 bits per heavy atom. The molecule has 28 heavy (non-hydrogen) atoms. The van der Waals surface area contributed by atoms with Crippen LogP contribution in [0.25, 0.3) is 11.0 Å². The topological polar surface area (TPSA) is 106 Å². The zero-order valence-electron chi connectivity index (χ0n) is 16.6. The van der Waals surface area contributed by atoms with Crippen LogP contribution in [-0.4, -0.2) is 30.1 Å². The van der Waals surface area contributed by atoms with E-state index in [1.54, 1.807) is 13.0 Å². The van der Waals surface area contributed by atoms with Crippen LogP contribution in [0.1, 0.15) is 49.3 Å². The number of carboxylic acids is 1. The van der Waals surface area contributed by atoms with E-state index >= 15 is 0 Å². The number of carbonyl (C=O) groups is 2. The Morgan fingerprint density at radius 3 is 2.57 bits per heavy atom. The highest BCUT2D eigenvalue weighted by molar-refractivity contribution is 5.86. The second-order valence-electron chi connectivity index (χ2n) is 6.83. The first kappa shape index (κ1) is 21.5. The van der Waals surface area contributed by atoms with Crippen LogP contribution in [0.2, 0.25) is 0 Å². The Morgan fingerprint density at radius 2 is 1.89 bits per heavy atom. The number of aliphatic carboxylic acids is 1. The van der Waals surface area contributed by atoms with E-state index in [1.165, 1.54) is 0 Å². The molecule has 0 saturated heterocycles. The fraction of sp³-hybridized carbons (Fsp3) is 0.476. The van der Waals surface area contributed by atoms with Crippen molar-refractivity contribution in [2.75, 3.05) is 13.2 Å². The summed E-state index contributed by atoms with van der Waals surface area (Å²) in [5, 5.41) is 11.6. The Kier molecular flexibility index (Phi) is 7.61. The summed E-state index contributed by atoms with van der Waals surface area (Å²) in [6.45, 7) is 5.05. The predicted octanol–water partition coefficient (Wildman–Crippen LogP) is 3.11. The van der Waals surface area contributed by atoms with Crippen LogP contribution in [0, 0.1) is 13.8 Å². The maximum atomic E-state index is 12.5. The minimum atomic E-state index is -1.13. The molecule has 1 aromatic heterocycles. The van der Waals surface area contributed by atoms with Crippen molar-refractivity contribution in [2.24, 2.45) is 0 Å². The first-order valence-corrected chi connectivity index (χ1v) is 9.52. The highest BCUT2D eigenvalue weighted by Gasteiger charge is 2.15. The van der Waals surface area contributed by atoms with Crippen LogP contribution >= 0.6 is 0 Å². The number of fused-ring (bicyclic) bond motifs is 1. The third kappa shape index (κ3) is 5.34. The van der Waals surface area contributed by atoms with Crippen LogP contribution in [-0.2, 0) is 16.0 Å². The van der Waals surface area contributed by atoms with Gasteiger partial charge in [-0.25, -0.2) is 4.79 Å². The van der Waals surface area contributed by atoms with Gasteiger partial charge in [0, 0.05) is 16.5 Å². The molecule has 2 N–H and O–H groups in total. The molecule has 0 aliphatic rings. The van der Waals surface area contributed by atoms with Gasteiger partial charge in [-0.1, -0.05) is 26.2 Å². The summed E-state index contributed by atoms with van der Waals surface area (Å²) in [6, 6.07) is 3.55. The summed E-state index contributed by atoms with van der Waals surface area (Å²) in [5.41, 5.74) is 2.37. The van der Waals surface area contributed by atoms with Crippen molar-refractivity contribution < 1.29 is 23.8 Å². The van der Waals surface area contributed by atoms with E-state index in [-0.39, 0.29) is 12.2 Å². The number of rotatable bonds is 10. The lowest BCUT2D eigenvalue weighted by Gasteiger charge is -2.13. The third-order valence-electron chi connectivity index (χ3n) is 4.73. The molecule has 152 valence electrons. The van der Waals surface area contributed by atoms with E-state index < -0.39 is 18.4 Å². The molecule has 1 heterocycles. The van der Waals surface area contributed by atoms with Crippen molar-refractivity contribution in [2.45, 2.75) is 52.9 Å². The average Bonchev–Trinajstić information content (AvgIpc) is 2.65.